The smallest absolute Gasteiger partial charge is 0.242 e. The minimum atomic E-state index is -3.53. The molecule has 0 atom stereocenters. The molecule has 0 unspecified atom stereocenters. The van der Waals surface area contributed by atoms with Gasteiger partial charge in [-0.3, -0.25) is 9.69 Å². The number of nitrogens with one attached hydrogen (secondary N) is 1. The molecule has 9 heteroatoms. The largest absolute Gasteiger partial charge is 0.352 e. The van der Waals surface area contributed by atoms with Crippen LogP contribution in [0.5, 0.6) is 0 Å². The van der Waals surface area contributed by atoms with Gasteiger partial charge in [0.25, 0.3) is 0 Å². The number of fused-ring (bicyclic) bond motifs is 1. The quantitative estimate of drug-likeness (QED) is 0.506. The van der Waals surface area contributed by atoms with Crippen molar-refractivity contribution in [2.24, 2.45) is 7.05 Å². The fraction of sp³-hybridized carbons (Fsp3) is 0.440. The Hall–Kier alpha value is -2.75. The normalized spacial score (nSPS) is 14.8. The van der Waals surface area contributed by atoms with Gasteiger partial charge in [-0.15, -0.1) is 0 Å². The third-order valence-electron chi connectivity index (χ3n) is 6.49. The summed E-state index contributed by atoms with van der Waals surface area (Å²) in [6.45, 7) is 3.72. The van der Waals surface area contributed by atoms with Crippen LogP contribution in [-0.4, -0.2) is 60.3 Å². The van der Waals surface area contributed by atoms with E-state index in [1.807, 2.05) is 17.7 Å². The fourth-order valence-corrected chi connectivity index (χ4v) is 5.32. The summed E-state index contributed by atoms with van der Waals surface area (Å²) in [4.78, 5) is 19.9. The zero-order chi connectivity index (χ0) is 24.3. The molecule has 1 amide bonds. The lowest BCUT2D eigenvalue weighted by molar-refractivity contribution is -0.121. The highest BCUT2D eigenvalue weighted by Gasteiger charge is 2.19. The summed E-state index contributed by atoms with van der Waals surface area (Å²) in [5.74, 6) is 0.720. The molecule has 1 fully saturated rings. The van der Waals surface area contributed by atoms with Crippen LogP contribution in [0, 0.1) is 0 Å². The van der Waals surface area contributed by atoms with Gasteiger partial charge in [0.2, 0.25) is 15.9 Å². The lowest BCUT2D eigenvalue weighted by Crippen LogP contribution is -2.25. The Morgan fingerprint density at radius 1 is 1.09 bits per heavy atom. The molecule has 0 bridgehead atoms. The molecule has 0 spiro atoms. The molecule has 0 radical (unpaired) electrons. The van der Waals surface area contributed by atoms with Crippen molar-refractivity contribution in [3.05, 3.63) is 59.4 Å². The predicted octanol–water partition coefficient (Wildman–Crippen LogP) is 2.67. The second kappa shape index (κ2) is 10.2. The SMILES string of the molecule is CN(C)S(=O)(=O)c1ccc2c(c1)nc(CCC(=O)NCc1ccccc1CN1CCCC1)n2C. The highest BCUT2D eigenvalue weighted by molar-refractivity contribution is 7.89. The Morgan fingerprint density at radius 2 is 1.79 bits per heavy atom. The number of aromatic nitrogens is 2. The van der Waals surface area contributed by atoms with Crippen LogP contribution in [0.1, 0.15) is 36.2 Å². The van der Waals surface area contributed by atoms with Gasteiger partial charge in [0.05, 0.1) is 15.9 Å². The maximum atomic E-state index is 12.6. The second-order valence-electron chi connectivity index (χ2n) is 9.05. The molecule has 1 aliphatic rings. The third kappa shape index (κ3) is 5.32. The maximum Gasteiger partial charge on any atom is 0.242 e. The first kappa shape index (κ1) is 24.4. The number of carbonyl (C=O) groups is 1. The van der Waals surface area contributed by atoms with E-state index in [2.05, 4.69) is 33.4 Å². The first-order valence-electron chi connectivity index (χ1n) is 11.7. The molecule has 1 aliphatic heterocycles. The van der Waals surface area contributed by atoms with Crippen molar-refractivity contribution in [2.45, 2.75) is 43.7 Å². The van der Waals surface area contributed by atoms with Gasteiger partial charge in [-0.1, -0.05) is 24.3 Å². The van der Waals surface area contributed by atoms with Gasteiger partial charge in [-0.05, 0) is 55.3 Å². The summed E-state index contributed by atoms with van der Waals surface area (Å²) >= 11 is 0. The summed E-state index contributed by atoms with van der Waals surface area (Å²) in [6.07, 6.45) is 3.30. The van der Waals surface area contributed by atoms with Gasteiger partial charge in [0.1, 0.15) is 5.82 Å². The number of hydrogen-bond donors (Lipinski definition) is 1. The molecule has 2 aromatic carbocycles. The number of imidazole rings is 1. The topological polar surface area (TPSA) is 87.5 Å². The number of carbonyl (C=O) groups excluding carboxylic acids is 1. The number of aryl methyl sites for hydroxylation is 2. The Morgan fingerprint density at radius 3 is 2.50 bits per heavy atom. The average molecular weight is 484 g/mol. The summed E-state index contributed by atoms with van der Waals surface area (Å²) in [7, 11) is 1.37. The number of sulfonamides is 1. The molecule has 1 N–H and O–H groups in total. The zero-order valence-corrected chi connectivity index (χ0v) is 20.9. The number of amides is 1. The van der Waals surface area contributed by atoms with Crippen molar-refractivity contribution in [3.8, 4) is 0 Å². The molecule has 0 saturated carbocycles. The molecule has 182 valence electrons. The monoisotopic (exact) mass is 483 g/mol. The highest BCUT2D eigenvalue weighted by Crippen LogP contribution is 2.22. The number of rotatable bonds is 9. The van der Waals surface area contributed by atoms with Crippen molar-refractivity contribution >= 4 is 27.0 Å². The summed E-state index contributed by atoms with van der Waals surface area (Å²) in [5, 5.41) is 3.05. The van der Waals surface area contributed by atoms with Crippen LogP contribution < -0.4 is 5.32 Å². The average Bonchev–Trinajstić information content (AvgIpc) is 3.44. The maximum absolute atomic E-state index is 12.6. The van der Waals surface area contributed by atoms with Crippen LogP contribution in [-0.2, 0) is 41.4 Å². The standard InChI is InChI=1S/C25H33N5O3S/c1-28(2)34(32,33)21-10-11-23-22(16-21)27-24(29(23)3)12-13-25(31)26-17-19-8-4-5-9-20(19)18-30-14-6-7-15-30/h4-5,8-11,16H,6-7,12-15,17-18H2,1-3H3,(H,26,31). The van der Waals surface area contributed by atoms with Gasteiger partial charge in [0.15, 0.2) is 0 Å². The Kier molecular flexibility index (Phi) is 7.35. The van der Waals surface area contributed by atoms with Crippen LogP contribution in [0.3, 0.4) is 0 Å². The Bertz CT molecular complexity index is 1280. The van der Waals surface area contributed by atoms with E-state index in [9.17, 15) is 13.2 Å². The lowest BCUT2D eigenvalue weighted by Gasteiger charge is -2.17. The van der Waals surface area contributed by atoms with Gasteiger partial charge < -0.3 is 9.88 Å². The van der Waals surface area contributed by atoms with E-state index in [0.29, 0.717) is 24.9 Å². The third-order valence-corrected chi connectivity index (χ3v) is 8.30. The Labute approximate surface area is 201 Å². The van der Waals surface area contributed by atoms with Crippen LogP contribution >= 0.6 is 0 Å². The van der Waals surface area contributed by atoms with Gasteiger partial charge >= 0.3 is 0 Å². The molecule has 4 rings (SSSR count). The van der Waals surface area contributed by atoms with E-state index in [0.717, 1.165) is 36.5 Å². The molecular weight excluding hydrogens is 450 g/mol. The second-order valence-corrected chi connectivity index (χ2v) is 11.2. The first-order valence-corrected chi connectivity index (χ1v) is 13.1. The minimum Gasteiger partial charge on any atom is -0.352 e. The predicted molar refractivity (Wildman–Crippen MR) is 133 cm³/mol. The molecule has 0 aliphatic carbocycles. The lowest BCUT2D eigenvalue weighted by atomic mass is 10.1. The number of benzene rings is 2. The van der Waals surface area contributed by atoms with E-state index in [-0.39, 0.29) is 10.8 Å². The van der Waals surface area contributed by atoms with Crippen molar-refractivity contribution < 1.29 is 13.2 Å². The van der Waals surface area contributed by atoms with Crippen LogP contribution in [0.4, 0.5) is 0 Å². The van der Waals surface area contributed by atoms with Crippen molar-refractivity contribution in [3.63, 3.8) is 0 Å². The van der Waals surface area contributed by atoms with E-state index < -0.39 is 10.0 Å². The molecule has 1 aromatic heterocycles. The van der Waals surface area contributed by atoms with E-state index >= 15 is 0 Å². The highest BCUT2D eigenvalue weighted by atomic mass is 32.2. The van der Waals surface area contributed by atoms with Crippen molar-refractivity contribution in [1.29, 1.82) is 0 Å². The van der Waals surface area contributed by atoms with Gasteiger partial charge in [-0.2, -0.15) is 0 Å². The van der Waals surface area contributed by atoms with Crippen LogP contribution in [0.15, 0.2) is 47.4 Å². The number of nitrogens with zero attached hydrogens (tertiary/aromatic N) is 4. The zero-order valence-electron chi connectivity index (χ0n) is 20.1. The molecule has 34 heavy (non-hydrogen) atoms. The van der Waals surface area contributed by atoms with Crippen molar-refractivity contribution in [2.75, 3.05) is 27.2 Å². The van der Waals surface area contributed by atoms with Crippen molar-refractivity contribution in [1.82, 2.24) is 24.1 Å². The van der Waals surface area contributed by atoms with Gasteiger partial charge in [-0.25, -0.2) is 17.7 Å². The molecule has 2 heterocycles. The molecular formula is C25H33N5O3S. The molecule has 8 nitrogen and oxygen atoms in total. The van der Waals surface area contributed by atoms with E-state index in [1.54, 1.807) is 18.2 Å². The van der Waals surface area contributed by atoms with E-state index in [1.165, 1.54) is 36.8 Å². The molecule has 1 saturated heterocycles. The number of likely N-dealkylation sites (tertiary alicyclic amines) is 1. The van der Waals surface area contributed by atoms with E-state index in [4.69, 9.17) is 0 Å². The van der Waals surface area contributed by atoms with Crippen LogP contribution in [0.2, 0.25) is 0 Å². The summed E-state index contributed by atoms with van der Waals surface area (Å²) in [5.41, 5.74) is 3.87. The number of hydrogen-bond acceptors (Lipinski definition) is 5. The summed E-state index contributed by atoms with van der Waals surface area (Å²) in [6, 6.07) is 13.2. The van der Waals surface area contributed by atoms with Gasteiger partial charge in [0, 0.05) is 47.1 Å². The first-order chi connectivity index (χ1) is 16.3. The minimum absolute atomic E-state index is 0.0288. The fourth-order valence-electron chi connectivity index (χ4n) is 4.40. The summed E-state index contributed by atoms with van der Waals surface area (Å²) < 4.78 is 28.0. The molecule has 3 aromatic rings. The Balaban J connectivity index is 1.38. The van der Waals surface area contributed by atoms with Crippen LogP contribution in [0.25, 0.3) is 11.0 Å².